The summed E-state index contributed by atoms with van der Waals surface area (Å²) in [5, 5.41) is 17.7. The number of carbonyl (C=O) groups excluding carboxylic acids is 4. The third-order valence-electron chi connectivity index (χ3n) is 8.06. The molecule has 4 aromatic rings. The van der Waals surface area contributed by atoms with E-state index in [0.29, 0.717) is 50.8 Å². The lowest BCUT2D eigenvalue weighted by Gasteiger charge is -2.18. The predicted molar refractivity (Wildman–Crippen MR) is 190 cm³/mol. The van der Waals surface area contributed by atoms with Gasteiger partial charge in [0, 0.05) is 40.8 Å². The lowest BCUT2D eigenvalue weighted by atomic mass is 9.95. The van der Waals surface area contributed by atoms with Gasteiger partial charge in [-0.05, 0) is 98.6 Å². The van der Waals surface area contributed by atoms with Crippen molar-refractivity contribution in [2.24, 2.45) is 5.92 Å². The fourth-order valence-electron chi connectivity index (χ4n) is 5.18. The number of benzene rings is 4. The summed E-state index contributed by atoms with van der Waals surface area (Å²) in [5.41, 5.74) is 9.45. The zero-order valence-corrected chi connectivity index (χ0v) is 28.7. The van der Waals surface area contributed by atoms with Crippen LogP contribution in [0.4, 0.5) is 22.7 Å². The van der Waals surface area contributed by atoms with E-state index in [0.717, 1.165) is 16.8 Å². The Morgan fingerprint density at radius 2 is 1.29 bits per heavy atom. The summed E-state index contributed by atoms with van der Waals surface area (Å²) in [6.45, 7) is 5.61. The minimum atomic E-state index is -0.853. The normalized spacial score (nSPS) is 10.9. The second kappa shape index (κ2) is 16.9. The van der Waals surface area contributed by atoms with Crippen molar-refractivity contribution in [3.63, 3.8) is 0 Å². The van der Waals surface area contributed by atoms with Crippen LogP contribution < -0.4 is 31.2 Å². The molecule has 1 unspecified atom stereocenters. The highest BCUT2D eigenvalue weighted by Crippen LogP contribution is 2.34. The Bertz CT molecular complexity index is 1900. The molecule has 0 saturated heterocycles. The molecule has 11 nitrogen and oxygen atoms in total. The number of Topliss-reactive ketones (excluding diaryl/α,β-unsaturated/α-hetero) is 1. The highest BCUT2D eigenvalue weighted by Gasteiger charge is 2.24. The van der Waals surface area contributed by atoms with Gasteiger partial charge in [0.25, 0.3) is 11.8 Å². The molecule has 0 radical (unpaired) electrons. The van der Waals surface area contributed by atoms with Crippen LogP contribution in [0.2, 0.25) is 0 Å². The molecule has 3 amide bonds. The number of carbonyl (C=O) groups is 4. The van der Waals surface area contributed by atoms with Crippen molar-refractivity contribution in [1.82, 2.24) is 0 Å². The topological polar surface area (TPSA) is 174 Å². The zero-order chi connectivity index (χ0) is 35.0. The van der Waals surface area contributed by atoms with Gasteiger partial charge in [0.15, 0.2) is 5.78 Å². The van der Waals surface area contributed by atoms with Crippen molar-refractivity contribution in [3.8, 4) is 17.6 Å². The van der Waals surface area contributed by atoms with Crippen LogP contribution in [0.15, 0.2) is 72.8 Å². The molecule has 0 heterocycles. The molecule has 0 bridgehead atoms. The molecule has 12 heteroatoms. The molecule has 0 saturated carbocycles. The number of hydrogen-bond donors (Lipinski definition) is 4. The van der Waals surface area contributed by atoms with Gasteiger partial charge in [0.05, 0.1) is 37.6 Å². The summed E-state index contributed by atoms with van der Waals surface area (Å²) in [7, 11) is 3.00. The van der Waals surface area contributed by atoms with Gasteiger partial charge in [0.2, 0.25) is 5.91 Å². The molecule has 0 aromatic heterocycles. The number of amides is 3. The molecule has 0 aliphatic heterocycles. The Morgan fingerprint density at radius 1 is 0.735 bits per heavy atom. The van der Waals surface area contributed by atoms with Crippen LogP contribution in [0.5, 0.6) is 11.5 Å². The summed E-state index contributed by atoms with van der Waals surface area (Å²) in [4.78, 5) is 52.1. The quantitative estimate of drug-likeness (QED) is 0.129. The van der Waals surface area contributed by atoms with E-state index in [4.69, 9.17) is 9.47 Å². The predicted octanol–water partition coefficient (Wildman–Crippen LogP) is 6.17. The minimum absolute atomic E-state index is 0. The van der Waals surface area contributed by atoms with E-state index in [1.54, 1.807) is 68.6 Å². The van der Waals surface area contributed by atoms with Gasteiger partial charge in [-0.1, -0.05) is 6.07 Å². The summed E-state index contributed by atoms with van der Waals surface area (Å²) in [6.07, 6.45) is -0.259. The Labute approximate surface area is 291 Å². The van der Waals surface area contributed by atoms with Crippen LogP contribution in [-0.4, -0.2) is 37.7 Å². The molecule has 0 aliphatic rings. The first kappa shape index (κ1) is 37.8. The number of rotatable bonds is 12. The van der Waals surface area contributed by atoms with Gasteiger partial charge < -0.3 is 31.2 Å². The molecule has 0 fully saturated rings. The van der Waals surface area contributed by atoms with Gasteiger partial charge in [-0.25, -0.2) is 0 Å². The Hall–Kier alpha value is -5.70. The van der Waals surface area contributed by atoms with Crippen molar-refractivity contribution in [1.29, 1.82) is 5.26 Å². The Morgan fingerprint density at radius 3 is 1.88 bits per heavy atom. The number of nitrogens with one attached hydrogen (secondary N) is 3. The molecule has 0 aliphatic carbocycles. The van der Waals surface area contributed by atoms with Gasteiger partial charge in [-0.2, -0.15) is 5.26 Å². The minimum Gasteiger partial charge on any atom is -0.494 e. The number of nitrogens with zero attached hydrogens (tertiary/aromatic N) is 1. The number of anilines is 3. The van der Waals surface area contributed by atoms with Gasteiger partial charge >= 0.3 is 0 Å². The van der Waals surface area contributed by atoms with Gasteiger partial charge in [-0.3, -0.25) is 19.2 Å². The summed E-state index contributed by atoms with van der Waals surface area (Å²) >= 11 is 0. The maximum Gasteiger partial charge on any atom is 0.256 e. The average Bonchev–Trinajstić information content (AvgIpc) is 3.07. The second-order valence-corrected chi connectivity index (χ2v) is 11.3. The Balaban J connectivity index is 0.00000650. The maximum absolute atomic E-state index is 13.3. The fourth-order valence-corrected chi connectivity index (χ4v) is 5.18. The van der Waals surface area contributed by atoms with E-state index in [1.807, 2.05) is 26.0 Å². The first-order chi connectivity index (χ1) is 23.0. The molecule has 0 spiro atoms. The van der Waals surface area contributed by atoms with Crippen molar-refractivity contribution < 1.29 is 34.4 Å². The standard InChI is InChI=1S/C37H37N5O6.ClH/c1-21-6-16-30(33(47-4)22(21)2)42-37(46)29-15-17-31(34(48-5)23(29)3)41-35(44)25-9-13-28(14-10-25)40-36(45)26(18-19-38)20-32(43)24-7-11-27(39)12-8-24;/h6-17,26H,18,20,39H2,1-5H3,(H,40,45)(H,41,44)(H,42,46);1H/p+1. The van der Waals surface area contributed by atoms with E-state index in [9.17, 15) is 24.4 Å². The molecular formula is C37H39ClN5O6+. The number of hydrogen-bond acceptors (Lipinski definition) is 7. The first-order valence-corrected chi connectivity index (χ1v) is 15.1. The van der Waals surface area contributed by atoms with E-state index in [-0.39, 0.29) is 36.9 Å². The zero-order valence-electron chi connectivity index (χ0n) is 27.9. The smallest absolute Gasteiger partial charge is 0.256 e. The first-order valence-electron chi connectivity index (χ1n) is 15.1. The van der Waals surface area contributed by atoms with E-state index in [2.05, 4.69) is 21.7 Å². The highest BCUT2D eigenvalue weighted by atomic mass is 35.5. The van der Waals surface area contributed by atoms with Crippen molar-refractivity contribution in [2.45, 2.75) is 33.6 Å². The van der Waals surface area contributed by atoms with Crippen LogP contribution in [-0.2, 0) is 4.79 Å². The summed E-state index contributed by atoms with van der Waals surface area (Å²) in [6, 6.07) is 21.7. The number of quaternary nitrogens is 1. The summed E-state index contributed by atoms with van der Waals surface area (Å²) in [5.74, 6) is -1.48. The number of ketones is 1. The average molecular weight is 685 g/mol. The highest BCUT2D eigenvalue weighted by molar-refractivity contribution is 6.09. The van der Waals surface area contributed by atoms with Crippen molar-refractivity contribution in [3.05, 3.63) is 106 Å². The molecule has 49 heavy (non-hydrogen) atoms. The van der Waals surface area contributed by atoms with Crippen LogP contribution in [0.1, 0.15) is 60.6 Å². The lowest BCUT2D eigenvalue weighted by molar-refractivity contribution is -0.254. The SMILES string of the molecule is COc1c(NC(=O)c2ccc(NC(=O)c3ccc(NC(=O)C(CC#N)CC(=O)c4ccc([NH3+])cc4)cc3)c(OC)c2C)ccc(C)c1C.Cl. The molecule has 1 atom stereocenters. The molecule has 254 valence electrons. The van der Waals surface area contributed by atoms with Crippen molar-refractivity contribution >= 4 is 58.7 Å². The third kappa shape index (κ3) is 9.01. The fraction of sp³-hybridized carbons (Fsp3) is 0.216. The van der Waals surface area contributed by atoms with Gasteiger partial charge in [-0.15, -0.1) is 12.4 Å². The largest absolute Gasteiger partial charge is 0.494 e. The lowest BCUT2D eigenvalue weighted by Crippen LogP contribution is -2.39. The van der Waals surface area contributed by atoms with E-state index >= 15 is 0 Å². The molecular weight excluding hydrogens is 646 g/mol. The van der Waals surface area contributed by atoms with Crippen LogP contribution in [0.3, 0.4) is 0 Å². The number of nitriles is 1. The number of aryl methyl sites for hydroxylation is 1. The van der Waals surface area contributed by atoms with E-state index < -0.39 is 17.7 Å². The third-order valence-corrected chi connectivity index (χ3v) is 8.06. The van der Waals surface area contributed by atoms with Crippen LogP contribution in [0.25, 0.3) is 0 Å². The monoisotopic (exact) mass is 684 g/mol. The number of methoxy groups -OCH3 is 2. The van der Waals surface area contributed by atoms with Crippen LogP contribution >= 0.6 is 12.4 Å². The molecule has 4 rings (SSSR count). The second-order valence-electron chi connectivity index (χ2n) is 11.3. The van der Waals surface area contributed by atoms with E-state index in [1.165, 1.54) is 19.2 Å². The maximum atomic E-state index is 13.3. The molecule has 6 N–H and O–H groups in total. The van der Waals surface area contributed by atoms with Crippen molar-refractivity contribution in [2.75, 3.05) is 30.2 Å². The number of ether oxygens (including phenoxy) is 2. The van der Waals surface area contributed by atoms with Crippen LogP contribution in [0, 0.1) is 38.0 Å². The van der Waals surface area contributed by atoms with Gasteiger partial charge in [0.1, 0.15) is 17.2 Å². The summed E-state index contributed by atoms with van der Waals surface area (Å²) < 4.78 is 11.1. The molecule has 4 aromatic carbocycles. The Kier molecular flexibility index (Phi) is 13.0. The number of halogens is 1.